The number of alkyl halides is 3. The van der Waals surface area contributed by atoms with E-state index in [1.54, 1.807) is 0 Å². The van der Waals surface area contributed by atoms with Gasteiger partial charge in [0.05, 0.1) is 0 Å². The Hall–Kier alpha value is -3.57. The van der Waals surface area contributed by atoms with E-state index < -0.39 is 47.6 Å². The minimum Gasteiger partial charge on any atom is -0.387 e. The summed E-state index contributed by atoms with van der Waals surface area (Å²) in [5.74, 6) is -5.16. The molecule has 0 amide bonds. The van der Waals surface area contributed by atoms with E-state index in [-0.39, 0.29) is 6.08 Å². The van der Waals surface area contributed by atoms with Gasteiger partial charge >= 0.3 is 42.0 Å². The topological polar surface area (TPSA) is 130 Å². The molecule has 9 nitrogen and oxygen atoms in total. The molecule has 3 heterocycles. The molecule has 3 aliphatic rings. The van der Waals surface area contributed by atoms with E-state index in [2.05, 4.69) is 14.2 Å². The number of carbonyl (C=O) groups excluding carboxylic acids is 6. The normalized spacial score (nSPS) is 18.2. The van der Waals surface area contributed by atoms with Gasteiger partial charge in [0.2, 0.25) is 0 Å². The summed E-state index contributed by atoms with van der Waals surface area (Å²) >= 11 is 0. The number of ether oxygens (including phenoxy) is 3. The molecule has 0 aromatic heterocycles. The monoisotopic (exact) mass is 376 g/mol. The molecule has 0 aromatic rings. The number of cyclic esters (lactones) is 6. The molecule has 3 aliphatic heterocycles. The Morgan fingerprint density at radius 3 is 1.31 bits per heavy atom. The van der Waals surface area contributed by atoms with Gasteiger partial charge in [0.15, 0.2) is 0 Å². The molecule has 0 unspecified atom stereocenters. The first-order valence-corrected chi connectivity index (χ1v) is 6.33. The Morgan fingerprint density at radius 1 is 0.692 bits per heavy atom. The van der Waals surface area contributed by atoms with Crippen LogP contribution < -0.4 is 0 Å². The molecule has 12 heteroatoms. The fourth-order valence-electron chi connectivity index (χ4n) is 1.29. The zero-order valence-corrected chi connectivity index (χ0v) is 12.6. The van der Waals surface area contributed by atoms with Crippen molar-refractivity contribution < 1.29 is 56.1 Å². The lowest BCUT2D eigenvalue weighted by Gasteiger charge is -2.01. The van der Waals surface area contributed by atoms with E-state index >= 15 is 0 Å². The molecule has 0 atom stereocenters. The Kier molecular flexibility index (Phi) is 6.30. The summed E-state index contributed by atoms with van der Waals surface area (Å²) < 4.78 is 46.7. The highest BCUT2D eigenvalue weighted by atomic mass is 19.4. The Balaban J connectivity index is 0.000000201. The van der Waals surface area contributed by atoms with Gasteiger partial charge in [-0.15, -0.1) is 0 Å². The van der Waals surface area contributed by atoms with Gasteiger partial charge in [-0.25, -0.2) is 28.8 Å². The smallest absolute Gasteiger partial charge is 0.387 e. The standard InChI is InChI=1S/C5HF3O3.C5H4O3.C4H2O3/c6-5(7,8)2-1-3(9)11-4(2)10;1-3-2-4(6)8-5(3)7;5-3-1-2-4(6)7-3/h1H;2H,1H3;1-2H. The molecular weight excluding hydrogens is 369 g/mol. The predicted octanol–water partition coefficient (Wildman–Crippen LogP) is 0.201. The highest BCUT2D eigenvalue weighted by Crippen LogP contribution is 2.29. The summed E-state index contributed by atoms with van der Waals surface area (Å²) in [6.07, 6.45) is -1.33. The predicted molar refractivity (Wildman–Crippen MR) is 70.3 cm³/mol. The van der Waals surface area contributed by atoms with Gasteiger partial charge in [-0.2, -0.15) is 13.2 Å². The summed E-state index contributed by atoms with van der Waals surface area (Å²) in [7, 11) is 0. The van der Waals surface area contributed by atoms with E-state index in [4.69, 9.17) is 0 Å². The third-order valence-corrected chi connectivity index (χ3v) is 2.39. The highest BCUT2D eigenvalue weighted by molar-refractivity contribution is 6.09. The van der Waals surface area contributed by atoms with Crippen molar-refractivity contribution in [1.82, 2.24) is 0 Å². The average Bonchev–Trinajstić information content (AvgIpc) is 3.12. The van der Waals surface area contributed by atoms with E-state index in [9.17, 15) is 41.9 Å². The number of rotatable bonds is 0. The Bertz CT molecular complexity index is 768. The van der Waals surface area contributed by atoms with Gasteiger partial charge in [0.1, 0.15) is 5.57 Å². The molecule has 3 rings (SSSR count). The van der Waals surface area contributed by atoms with Crippen LogP contribution in [-0.2, 0) is 43.0 Å². The minimum absolute atomic E-state index is 0.127. The second kappa shape index (κ2) is 8.00. The molecule has 0 aromatic carbocycles. The Labute approximate surface area is 141 Å². The van der Waals surface area contributed by atoms with Crippen LogP contribution in [0.5, 0.6) is 0 Å². The quantitative estimate of drug-likeness (QED) is 0.330. The largest absolute Gasteiger partial charge is 0.423 e. The summed E-state index contributed by atoms with van der Waals surface area (Å²) in [4.78, 5) is 60.6. The lowest BCUT2D eigenvalue weighted by atomic mass is 10.3. The van der Waals surface area contributed by atoms with Crippen LogP contribution >= 0.6 is 0 Å². The second-order valence-electron chi connectivity index (χ2n) is 4.37. The molecule has 26 heavy (non-hydrogen) atoms. The lowest BCUT2D eigenvalue weighted by Crippen LogP contribution is -2.17. The maximum absolute atomic E-state index is 11.7. The molecule has 138 valence electrons. The van der Waals surface area contributed by atoms with Crippen LogP contribution in [0.3, 0.4) is 0 Å². The van der Waals surface area contributed by atoms with Gasteiger partial charge in [-0.1, -0.05) is 0 Å². The first kappa shape index (κ1) is 20.5. The molecule has 0 aliphatic carbocycles. The zero-order valence-electron chi connectivity index (χ0n) is 12.6. The van der Waals surface area contributed by atoms with Gasteiger partial charge in [0, 0.05) is 29.9 Å². The zero-order chi connectivity index (χ0) is 20.1. The minimum atomic E-state index is -4.80. The maximum Gasteiger partial charge on any atom is 0.423 e. The van der Waals surface area contributed by atoms with Gasteiger partial charge in [-0.3, -0.25) is 0 Å². The maximum atomic E-state index is 11.7. The van der Waals surface area contributed by atoms with Crippen LogP contribution in [0.25, 0.3) is 0 Å². The van der Waals surface area contributed by atoms with Crippen molar-refractivity contribution in [3.8, 4) is 0 Å². The number of halogens is 3. The molecule has 0 spiro atoms. The van der Waals surface area contributed by atoms with Gasteiger partial charge < -0.3 is 14.2 Å². The fraction of sp³-hybridized carbons (Fsp3) is 0.143. The van der Waals surface area contributed by atoms with E-state index in [0.717, 1.165) is 12.2 Å². The van der Waals surface area contributed by atoms with Crippen molar-refractivity contribution in [2.75, 3.05) is 0 Å². The summed E-state index contributed by atoms with van der Waals surface area (Å²) in [5.41, 5.74) is -1.18. The van der Waals surface area contributed by atoms with Crippen LogP contribution in [0.4, 0.5) is 13.2 Å². The highest BCUT2D eigenvalue weighted by Gasteiger charge is 2.44. The van der Waals surface area contributed by atoms with Gasteiger partial charge in [-0.05, 0) is 6.92 Å². The van der Waals surface area contributed by atoms with E-state index in [1.165, 1.54) is 13.0 Å². The van der Waals surface area contributed by atoms with Crippen molar-refractivity contribution in [2.24, 2.45) is 0 Å². The van der Waals surface area contributed by atoms with Crippen molar-refractivity contribution in [2.45, 2.75) is 13.1 Å². The van der Waals surface area contributed by atoms with Crippen molar-refractivity contribution in [1.29, 1.82) is 0 Å². The lowest BCUT2D eigenvalue weighted by molar-refractivity contribution is -0.156. The van der Waals surface area contributed by atoms with Gasteiger partial charge in [0.25, 0.3) is 0 Å². The van der Waals surface area contributed by atoms with Crippen LogP contribution in [0.2, 0.25) is 0 Å². The molecule has 0 fully saturated rings. The first-order chi connectivity index (χ1) is 11.9. The third kappa shape index (κ3) is 6.14. The average molecular weight is 376 g/mol. The molecular formula is C14H7F3O9. The van der Waals surface area contributed by atoms with Crippen molar-refractivity contribution in [3.05, 3.63) is 35.5 Å². The molecule has 0 radical (unpaired) electrons. The van der Waals surface area contributed by atoms with Crippen molar-refractivity contribution in [3.63, 3.8) is 0 Å². The van der Waals surface area contributed by atoms with Crippen LogP contribution in [0, 0.1) is 0 Å². The summed E-state index contributed by atoms with van der Waals surface area (Å²) in [5, 5.41) is 0. The van der Waals surface area contributed by atoms with Crippen LogP contribution in [-0.4, -0.2) is 42.0 Å². The number of esters is 6. The van der Waals surface area contributed by atoms with Crippen molar-refractivity contribution >= 4 is 35.8 Å². The summed E-state index contributed by atoms with van der Waals surface area (Å²) in [6, 6.07) is 0. The molecule has 0 N–H and O–H groups in total. The number of hydrogen-bond acceptors (Lipinski definition) is 9. The third-order valence-electron chi connectivity index (χ3n) is 2.39. The van der Waals surface area contributed by atoms with Crippen LogP contribution in [0.15, 0.2) is 35.5 Å². The number of hydrogen-bond donors (Lipinski definition) is 0. The Morgan fingerprint density at radius 2 is 1.15 bits per heavy atom. The second-order valence-corrected chi connectivity index (χ2v) is 4.37. The fourth-order valence-corrected chi connectivity index (χ4v) is 1.29. The first-order valence-electron chi connectivity index (χ1n) is 6.33. The molecule has 0 saturated carbocycles. The van der Waals surface area contributed by atoms with E-state index in [0.29, 0.717) is 5.57 Å². The SMILES string of the molecule is CC1=CC(=O)OC1=O.O=C1C=C(C(F)(F)F)C(=O)O1.O=C1C=CC(=O)O1. The summed E-state index contributed by atoms with van der Waals surface area (Å²) in [6.45, 7) is 1.53. The van der Waals surface area contributed by atoms with E-state index in [1.807, 2.05) is 0 Å². The molecule has 0 bridgehead atoms. The number of carbonyl (C=O) groups is 6. The van der Waals surface area contributed by atoms with Crippen LogP contribution in [0.1, 0.15) is 6.92 Å². The molecule has 0 saturated heterocycles.